The Morgan fingerprint density at radius 1 is 1.00 bits per heavy atom. The van der Waals surface area contributed by atoms with Crippen molar-refractivity contribution < 1.29 is 9.90 Å². The molecule has 0 saturated carbocycles. The highest BCUT2D eigenvalue weighted by molar-refractivity contribution is 5.87. The van der Waals surface area contributed by atoms with Gasteiger partial charge in [-0.15, -0.1) is 0 Å². The smallest absolute Gasteiger partial charge is 0.165 e. The molecule has 2 nitrogen and oxygen atoms in total. The third-order valence-electron chi connectivity index (χ3n) is 3.92. The minimum Gasteiger partial charge on any atom is -0.381 e. The number of carbonyl (C=O) groups is 1. The molecule has 0 bridgehead atoms. The van der Waals surface area contributed by atoms with Crippen LogP contribution in [0.1, 0.15) is 57.1 Å². The predicted molar refractivity (Wildman–Crippen MR) is 87.3 cm³/mol. The lowest BCUT2D eigenvalue weighted by molar-refractivity contribution is -0.127. The molecule has 0 aliphatic carbocycles. The fourth-order valence-corrected chi connectivity index (χ4v) is 2.60. The summed E-state index contributed by atoms with van der Waals surface area (Å²) in [6.45, 7) is 2.18. The highest BCUT2D eigenvalue weighted by Crippen LogP contribution is 2.22. The van der Waals surface area contributed by atoms with Gasteiger partial charge in [0.15, 0.2) is 5.78 Å². The predicted octanol–water partition coefficient (Wildman–Crippen LogP) is 4.80. The van der Waals surface area contributed by atoms with E-state index in [1.807, 2.05) is 42.5 Å². The van der Waals surface area contributed by atoms with E-state index in [9.17, 15) is 9.90 Å². The zero-order valence-electron chi connectivity index (χ0n) is 12.7. The lowest BCUT2D eigenvalue weighted by Gasteiger charge is -2.11. The van der Waals surface area contributed by atoms with Gasteiger partial charge in [0.25, 0.3) is 0 Å². The molecule has 2 aromatic carbocycles. The Kier molecular flexibility index (Phi) is 5.94. The molecule has 2 rings (SSSR count). The van der Waals surface area contributed by atoms with Crippen LogP contribution in [0.25, 0.3) is 10.8 Å². The minimum absolute atomic E-state index is 0.0678. The number of aliphatic hydroxyl groups is 1. The van der Waals surface area contributed by atoms with Crippen molar-refractivity contribution >= 4 is 16.6 Å². The monoisotopic (exact) mass is 284 g/mol. The maximum Gasteiger partial charge on any atom is 0.165 e. The van der Waals surface area contributed by atoms with Crippen LogP contribution >= 0.6 is 0 Å². The van der Waals surface area contributed by atoms with Crippen LogP contribution in [0.5, 0.6) is 0 Å². The van der Waals surface area contributed by atoms with Gasteiger partial charge in [0, 0.05) is 6.42 Å². The Balaban J connectivity index is 1.94. The molecule has 2 heteroatoms. The molecule has 0 radical (unpaired) electrons. The first-order valence-electron chi connectivity index (χ1n) is 7.92. The third kappa shape index (κ3) is 4.40. The Hall–Kier alpha value is -1.67. The number of Topliss-reactive ketones (excluding diaryl/α,β-unsaturated/α-hetero) is 1. The van der Waals surface area contributed by atoms with E-state index >= 15 is 0 Å². The van der Waals surface area contributed by atoms with E-state index in [1.165, 1.54) is 19.3 Å². The lowest BCUT2D eigenvalue weighted by atomic mass is 9.98. The van der Waals surface area contributed by atoms with Crippen LogP contribution in [0.2, 0.25) is 0 Å². The number of hydrogen-bond acceptors (Lipinski definition) is 2. The number of hydrogen-bond donors (Lipinski definition) is 1. The van der Waals surface area contributed by atoms with Crippen LogP contribution in [0.4, 0.5) is 0 Å². The summed E-state index contributed by atoms with van der Waals surface area (Å²) >= 11 is 0. The summed E-state index contributed by atoms with van der Waals surface area (Å²) in [5, 5.41) is 12.4. The summed E-state index contributed by atoms with van der Waals surface area (Å²) in [5.74, 6) is -0.0678. The van der Waals surface area contributed by atoms with E-state index in [2.05, 4.69) is 6.92 Å². The normalized spacial score (nSPS) is 12.5. The standard InChI is InChI=1S/C19H24O2/c1-2-3-4-5-6-11-18(20)19(21)17-13-12-15-9-7-8-10-16(15)14-17/h7-10,12-14,19,21H,2-6,11H2,1H3/t19-/m1/s1. The van der Waals surface area contributed by atoms with Gasteiger partial charge in [-0.1, -0.05) is 69.0 Å². The Morgan fingerprint density at radius 2 is 1.71 bits per heavy atom. The van der Waals surface area contributed by atoms with Crippen molar-refractivity contribution in [3.05, 3.63) is 48.0 Å². The van der Waals surface area contributed by atoms with Gasteiger partial charge in [0.2, 0.25) is 0 Å². The molecule has 0 unspecified atom stereocenters. The molecule has 0 fully saturated rings. The molecule has 112 valence electrons. The first kappa shape index (κ1) is 15.7. The summed E-state index contributed by atoms with van der Waals surface area (Å²) in [4.78, 5) is 12.1. The van der Waals surface area contributed by atoms with E-state index in [0.29, 0.717) is 12.0 Å². The van der Waals surface area contributed by atoms with Crippen molar-refractivity contribution in [2.24, 2.45) is 0 Å². The average molecular weight is 284 g/mol. The highest BCUT2D eigenvalue weighted by Gasteiger charge is 2.16. The molecular weight excluding hydrogens is 260 g/mol. The zero-order valence-corrected chi connectivity index (χ0v) is 12.7. The van der Waals surface area contributed by atoms with E-state index in [4.69, 9.17) is 0 Å². The van der Waals surface area contributed by atoms with Crippen LogP contribution in [0.3, 0.4) is 0 Å². The van der Waals surface area contributed by atoms with E-state index in [1.54, 1.807) is 0 Å². The molecule has 1 atom stereocenters. The largest absolute Gasteiger partial charge is 0.381 e. The van der Waals surface area contributed by atoms with Gasteiger partial charge in [-0.3, -0.25) is 4.79 Å². The van der Waals surface area contributed by atoms with Crippen LogP contribution < -0.4 is 0 Å². The maximum atomic E-state index is 12.1. The SMILES string of the molecule is CCCCCCCC(=O)[C@H](O)c1ccc2ccccc2c1. The highest BCUT2D eigenvalue weighted by atomic mass is 16.3. The Labute approximate surface area is 126 Å². The second-order valence-electron chi connectivity index (χ2n) is 5.64. The molecule has 1 N–H and O–H groups in total. The van der Waals surface area contributed by atoms with Crippen LogP contribution in [-0.2, 0) is 4.79 Å². The van der Waals surface area contributed by atoms with Gasteiger partial charge in [-0.05, 0) is 28.8 Å². The van der Waals surface area contributed by atoms with Crippen molar-refractivity contribution in [2.75, 3.05) is 0 Å². The van der Waals surface area contributed by atoms with Crippen molar-refractivity contribution in [2.45, 2.75) is 51.6 Å². The minimum atomic E-state index is -0.985. The quantitative estimate of drug-likeness (QED) is 0.707. The number of rotatable bonds is 8. The molecule has 0 saturated heterocycles. The molecule has 0 spiro atoms. The molecule has 0 amide bonds. The molecule has 0 aromatic heterocycles. The third-order valence-corrected chi connectivity index (χ3v) is 3.92. The summed E-state index contributed by atoms with van der Waals surface area (Å²) in [7, 11) is 0. The van der Waals surface area contributed by atoms with Crippen LogP contribution in [-0.4, -0.2) is 10.9 Å². The average Bonchev–Trinajstić information content (AvgIpc) is 2.53. The van der Waals surface area contributed by atoms with Gasteiger partial charge in [-0.2, -0.15) is 0 Å². The summed E-state index contributed by atoms with van der Waals surface area (Å²) < 4.78 is 0. The van der Waals surface area contributed by atoms with Crippen molar-refractivity contribution in [3.63, 3.8) is 0 Å². The summed E-state index contributed by atoms with van der Waals surface area (Å²) in [6, 6.07) is 13.7. The molecule has 0 aliphatic heterocycles. The summed E-state index contributed by atoms with van der Waals surface area (Å²) in [6.07, 6.45) is 5.04. The number of aliphatic hydroxyl groups excluding tert-OH is 1. The first-order chi connectivity index (χ1) is 10.2. The molecular formula is C19H24O2. The van der Waals surface area contributed by atoms with Gasteiger partial charge in [-0.25, -0.2) is 0 Å². The summed E-state index contributed by atoms with van der Waals surface area (Å²) in [5.41, 5.74) is 0.701. The fraction of sp³-hybridized carbons (Fsp3) is 0.421. The first-order valence-corrected chi connectivity index (χ1v) is 7.92. The maximum absolute atomic E-state index is 12.1. The van der Waals surface area contributed by atoms with E-state index in [-0.39, 0.29) is 5.78 Å². The Morgan fingerprint density at radius 3 is 2.48 bits per heavy atom. The number of ketones is 1. The molecule has 0 heterocycles. The zero-order chi connectivity index (χ0) is 15.1. The number of fused-ring (bicyclic) bond motifs is 1. The number of carbonyl (C=O) groups excluding carboxylic acids is 1. The van der Waals surface area contributed by atoms with Crippen molar-refractivity contribution in [1.82, 2.24) is 0 Å². The second-order valence-corrected chi connectivity index (χ2v) is 5.64. The number of unbranched alkanes of at least 4 members (excludes halogenated alkanes) is 4. The van der Waals surface area contributed by atoms with Crippen molar-refractivity contribution in [1.29, 1.82) is 0 Å². The van der Waals surface area contributed by atoms with Crippen molar-refractivity contribution in [3.8, 4) is 0 Å². The van der Waals surface area contributed by atoms with Gasteiger partial charge >= 0.3 is 0 Å². The van der Waals surface area contributed by atoms with E-state index in [0.717, 1.165) is 23.6 Å². The number of benzene rings is 2. The van der Waals surface area contributed by atoms with Gasteiger partial charge < -0.3 is 5.11 Å². The van der Waals surface area contributed by atoms with E-state index < -0.39 is 6.10 Å². The fourth-order valence-electron chi connectivity index (χ4n) is 2.60. The Bertz CT molecular complexity index is 589. The molecule has 2 aromatic rings. The second kappa shape index (κ2) is 7.94. The molecule has 0 aliphatic rings. The topological polar surface area (TPSA) is 37.3 Å². The lowest BCUT2D eigenvalue weighted by Crippen LogP contribution is -2.11. The van der Waals surface area contributed by atoms with Gasteiger partial charge in [0.05, 0.1) is 0 Å². The molecule has 21 heavy (non-hydrogen) atoms. The van der Waals surface area contributed by atoms with Crippen LogP contribution in [0, 0.1) is 0 Å². The van der Waals surface area contributed by atoms with Crippen LogP contribution in [0.15, 0.2) is 42.5 Å². The van der Waals surface area contributed by atoms with Gasteiger partial charge in [0.1, 0.15) is 6.10 Å².